The number of aryl methyl sites for hydroxylation is 1. The van der Waals surface area contributed by atoms with E-state index in [1.54, 1.807) is 24.3 Å². The molecular formula is C13H20O5. The molecule has 0 aliphatic heterocycles. The highest BCUT2D eigenvalue weighted by Gasteiger charge is 2.30. The van der Waals surface area contributed by atoms with E-state index in [-0.39, 0.29) is 13.0 Å². The van der Waals surface area contributed by atoms with Crippen LogP contribution in [-0.4, -0.2) is 50.5 Å². The molecule has 0 heterocycles. The zero-order valence-corrected chi connectivity index (χ0v) is 10.3. The lowest BCUT2D eigenvalue weighted by Gasteiger charge is -2.26. The van der Waals surface area contributed by atoms with Gasteiger partial charge in [-0.1, -0.05) is 29.8 Å². The highest BCUT2D eigenvalue weighted by molar-refractivity contribution is 5.24. The molecule has 4 atom stereocenters. The normalized spacial score (nSPS) is 18.1. The second kappa shape index (κ2) is 6.82. The molecule has 5 N–H and O–H groups in total. The number of benzene rings is 1. The summed E-state index contributed by atoms with van der Waals surface area (Å²) in [5.74, 6) is 0. The van der Waals surface area contributed by atoms with Crippen LogP contribution in [0.4, 0.5) is 0 Å². The van der Waals surface area contributed by atoms with Gasteiger partial charge in [0.1, 0.15) is 18.3 Å². The van der Waals surface area contributed by atoms with E-state index < -0.39 is 24.4 Å². The predicted octanol–water partition coefficient (Wildman–Crippen LogP) is -0.506. The Hall–Kier alpha value is -0.980. The molecule has 1 rings (SSSR count). The Bertz CT molecular complexity index is 351. The fourth-order valence-corrected chi connectivity index (χ4v) is 1.68. The van der Waals surface area contributed by atoms with Crippen molar-refractivity contribution in [1.29, 1.82) is 0 Å². The van der Waals surface area contributed by atoms with Gasteiger partial charge >= 0.3 is 0 Å². The minimum absolute atomic E-state index is 0.0567. The molecule has 0 aliphatic carbocycles. The predicted molar refractivity (Wildman–Crippen MR) is 65.9 cm³/mol. The molecule has 1 unspecified atom stereocenters. The molecule has 5 nitrogen and oxygen atoms in total. The zero-order valence-electron chi connectivity index (χ0n) is 10.3. The quantitative estimate of drug-likeness (QED) is 0.472. The second-order valence-electron chi connectivity index (χ2n) is 4.42. The number of aliphatic hydroxyl groups excluding tert-OH is 5. The van der Waals surface area contributed by atoms with E-state index in [2.05, 4.69) is 0 Å². The minimum Gasteiger partial charge on any atom is -0.396 e. The van der Waals surface area contributed by atoms with Crippen molar-refractivity contribution in [2.24, 2.45) is 0 Å². The van der Waals surface area contributed by atoms with E-state index >= 15 is 0 Å². The molecule has 0 radical (unpaired) electrons. The van der Waals surface area contributed by atoms with Gasteiger partial charge in [0.25, 0.3) is 0 Å². The third-order valence-electron chi connectivity index (χ3n) is 2.91. The molecule has 0 aliphatic rings. The smallest absolute Gasteiger partial charge is 0.112 e. The average molecular weight is 256 g/mol. The van der Waals surface area contributed by atoms with Crippen LogP contribution in [0.15, 0.2) is 24.3 Å². The first-order valence-electron chi connectivity index (χ1n) is 5.87. The summed E-state index contributed by atoms with van der Waals surface area (Å²) >= 11 is 0. The Labute approximate surface area is 106 Å². The maximum atomic E-state index is 9.88. The molecule has 1 aromatic rings. The van der Waals surface area contributed by atoms with Gasteiger partial charge in [-0.25, -0.2) is 0 Å². The van der Waals surface area contributed by atoms with Crippen molar-refractivity contribution in [3.63, 3.8) is 0 Å². The van der Waals surface area contributed by atoms with Crippen molar-refractivity contribution in [2.75, 3.05) is 6.61 Å². The van der Waals surface area contributed by atoms with E-state index in [1.807, 2.05) is 6.92 Å². The van der Waals surface area contributed by atoms with Crippen LogP contribution in [0.5, 0.6) is 0 Å². The van der Waals surface area contributed by atoms with Crippen LogP contribution in [0.25, 0.3) is 0 Å². The summed E-state index contributed by atoms with van der Waals surface area (Å²) < 4.78 is 0. The minimum atomic E-state index is -1.51. The SMILES string of the molecule is Cc1ccc(C(O)[C@H](O)[C@H](O)[C@H](O)CCO)cc1. The third-order valence-corrected chi connectivity index (χ3v) is 2.91. The Morgan fingerprint density at radius 1 is 0.944 bits per heavy atom. The largest absolute Gasteiger partial charge is 0.396 e. The zero-order chi connectivity index (χ0) is 13.7. The Morgan fingerprint density at radius 3 is 2.00 bits per heavy atom. The number of hydrogen-bond donors (Lipinski definition) is 5. The van der Waals surface area contributed by atoms with E-state index in [1.165, 1.54) is 0 Å². The second-order valence-corrected chi connectivity index (χ2v) is 4.42. The van der Waals surface area contributed by atoms with Gasteiger partial charge in [-0.3, -0.25) is 0 Å². The van der Waals surface area contributed by atoms with Crippen molar-refractivity contribution in [3.8, 4) is 0 Å². The molecule has 0 spiro atoms. The maximum Gasteiger partial charge on any atom is 0.112 e. The van der Waals surface area contributed by atoms with Crippen LogP contribution in [0.1, 0.15) is 23.7 Å². The fourth-order valence-electron chi connectivity index (χ4n) is 1.68. The molecule has 0 fully saturated rings. The lowest BCUT2D eigenvalue weighted by molar-refractivity contribution is -0.110. The topological polar surface area (TPSA) is 101 Å². The van der Waals surface area contributed by atoms with Gasteiger partial charge in [-0.2, -0.15) is 0 Å². The van der Waals surface area contributed by atoms with Crippen molar-refractivity contribution >= 4 is 0 Å². The highest BCUT2D eigenvalue weighted by Crippen LogP contribution is 2.21. The van der Waals surface area contributed by atoms with E-state index in [4.69, 9.17) is 5.11 Å². The van der Waals surface area contributed by atoms with Gasteiger partial charge < -0.3 is 25.5 Å². The first-order chi connectivity index (χ1) is 8.47. The lowest BCUT2D eigenvalue weighted by atomic mass is 9.96. The van der Waals surface area contributed by atoms with Crippen LogP contribution in [0.2, 0.25) is 0 Å². The molecule has 0 amide bonds. The van der Waals surface area contributed by atoms with Crippen molar-refractivity contribution in [1.82, 2.24) is 0 Å². The molecule has 102 valence electrons. The average Bonchev–Trinajstić information content (AvgIpc) is 2.37. The van der Waals surface area contributed by atoms with Gasteiger partial charge in [0.15, 0.2) is 0 Å². The summed E-state index contributed by atoms with van der Waals surface area (Å²) in [6, 6.07) is 6.85. The molecule has 5 heteroatoms. The van der Waals surface area contributed by atoms with E-state index in [9.17, 15) is 20.4 Å². The first-order valence-corrected chi connectivity index (χ1v) is 5.87. The number of hydrogen-bond acceptors (Lipinski definition) is 5. The summed E-state index contributed by atoms with van der Waals surface area (Å²) in [5, 5.41) is 47.4. The van der Waals surface area contributed by atoms with Gasteiger partial charge in [-0.05, 0) is 18.9 Å². The Morgan fingerprint density at radius 2 is 1.50 bits per heavy atom. The van der Waals surface area contributed by atoms with Crippen LogP contribution >= 0.6 is 0 Å². The van der Waals surface area contributed by atoms with Crippen LogP contribution < -0.4 is 0 Å². The van der Waals surface area contributed by atoms with Crippen molar-refractivity contribution in [3.05, 3.63) is 35.4 Å². The molecule has 0 aromatic heterocycles. The maximum absolute atomic E-state index is 9.88. The van der Waals surface area contributed by atoms with Crippen LogP contribution in [0.3, 0.4) is 0 Å². The summed E-state index contributed by atoms with van der Waals surface area (Å²) in [6.07, 6.45) is -5.62. The van der Waals surface area contributed by atoms with Crippen LogP contribution in [0, 0.1) is 6.92 Å². The molecular weight excluding hydrogens is 236 g/mol. The lowest BCUT2D eigenvalue weighted by Crippen LogP contribution is -2.41. The monoisotopic (exact) mass is 256 g/mol. The standard InChI is InChI=1S/C13H20O5/c1-8-2-4-9(5-3-8)11(16)13(18)12(17)10(15)6-7-14/h2-5,10-18H,6-7H2,1H3/t10-,11?,12-,13+/m1/s1. The van der Waals surface area contributed by atoms with Gasteiger partial charge in [-0.15, -0.1) is 0 Å². The summed E-state index contributed by atoms with van der Waals surface area (Å²) in [7, 11) is 0. The summed E-state index contributed by atoms with van der Waals surface area (Å²) in [4.78, 5) is 0. The number of rotatable bonds is 6. The fraction of sp³-hybridized carbons (Fsp3) is 0.538. The molecule has 0 saturated carbocycles. The molecule has 0 saturated heterocycles. The number of aliphatic hydroxyl groups is 5. The van der Waals surface area contributed by atoms with E-state index in [0.29, 0.717) is 5.56 Å². The van der Waals surface area contributed by atoms with Crippen molar-refractivity contribution in [2.45, 2.75) is 37.8 Å². The Balaban J connectivity index is 2.70. The Kier molecular flexibility index (Phi) is 5.71. The molecule has 1 aromatic carbocycles. The third kappa shape index (κ3) is 3.76. The van der Waals surface area contributed by atoms with Gasteiger partial charge in [0.2, 0.25) is 0 Å². The summed E-state index contributed by atoms with van der Waals surface area (Å²) in [6.45, 7) is 1.60. The first kappa shape index (κ1) is 15.1. The van der Waals surface area contributed by atoms with Gasteiger partial charge in [0.05, 0.1) is 6.10 Å². The molecule has 0 bridgehead atoms. The van der Waals surface area contributed by atoms with Gasteiger partial charge in [0, 0.05) is 6.61 Å². The highest BCUT2D eigenvalue weighted by atomic mass is 16.4. The van der Waals surface area contributed by atoms with Crippen LogP contribution in [-0.2, 0) is 0 Å². The van der Waals surface area contributed by atoms with E-state index in [0.717, 1.165) is 5.56 Å². The van der Waals surface area contributed by atoms with Crippen molar-refractivity contribution < 1.29 is 25.5 Å². The summed E-state index contributed by atoms with van der Waals surface area (Å²) in [5.41, 5.74) is 1.48. The molecule has 18 heavy (non-hydrogen) atoms.